The van der Waals surface area contributed by atoms with Crippen molar-refractivity contribution in [2.24, 2.45) is 4.99 Å². The lowest BCUT2D eigenvalue weighted by atomic mass is 10.1. The van der Waals surface area contributed by atoms with Gasteiger partial charge in [0, 0.05) is 35.3 Å². The van der Waals surface area contributed by atoms with Crippen molar-refractivity contribution in [2.75, 3.05) is 0 Å². The zero-order chi connectivity index (χ0) is 20.2. The first kappa shape index (κ1) is 19.9. The first-order chi connectivity index (χ1) is 14.1. The molecule has 0 radical (unpaired) electrons. The van der Waals surface area contributed by atoms with Crippen LogP contribution < -0.4 is 4.80 Å². The van der Waals surface area contributed by atoms with Crippen molar-refractivity contribution in [3.05, 3.63) is 87.0 Å². The molecule has 0 atom stereocenters. The highest BCUT2D eigenvalue weighted by molar-refractivity contribution is 9.10. The Labute approximate surface area is 183 Å². The minimum atomic E-state index is 0.900. The zero-order valence-electron chi connectivity index (χ0n) is 16.5. The van der Waals surface area contributed by atoms with Gasteiger partial charge in [0.25, 0.3) is 0 Å². The molecule has 0 fully saturated rings. The highest BCUT2D eigenvalue weighted by atomic mass is 79.9. The van der Waals surface area contributed by atoms with Crippen LogP contribution in [0.25, 0.3) is 11.3 Å². The van der Waals surface area contributed by atoms with Gasteiger partial charge in [-0.2, -0.15) is 0 Å². The van der Waals surface area contributed by atoms with Crippen molar-refractivity contribution in [2.45, 2.75) is 33.4 Å². The molecule has 0 unspecified atom stereocenters. The molecule has 0 saturated heterocycles. The van der Waals surface area contributed by atoms with Crippen LogP contribution in [0.3, 0.4) is 0 Å². The van der Waals surface area contributed by atoms with Crippen molar-refractivity contribution in [1.29, 1.82) is 0 Å². The molecule has 0 aliphatic rings. The average molecular weight is 467 g/mol. The van der Waals surface area contributed by atoms with Gasteiger partial charge in [-0.05, 0) is 55.2 Å². The fourth-order valence-electron chi connectivity index (χ4n) is 3.26. The van der Waals surface area contributed by atoms with E-state index in [4.69, 9.17) is 4.99 Å². The molecule has 6 heteroatoms. The highest BCUT2D eigenvalue weighted by Crippen LogP contribution is 2.24. The van der Waals surface area contributed by atoms with Crippen LogP contribution in [-0.4, -0.2) is 14.1 Å². The summed E-state index contributed by atoms with van der Waals surface area (Å²) < 4.78 is 5.55. The molecule has 0 saturated carbocycles. The van der Waals surface area contributed by atoms with Crippen LogP contribution in [0.4, 0.5) is 5.69 Å². The molecule has 0 spiro atoms. The molecule has 148 valence electrons. The van der Waals surface area contributed by atoms with E-state index >= 15 is 0 Å². The van der Waals surface area contributed by atoms with E-state index in [9.17, 15) is 0 Å². The van der Waals surface area contributed by atoms with Gasteiger partial charge in [-0.25, -0.2) is 9.98 Å². The lowest BCUT2D eigenvalue weighted by Gasteiger charge is -2.10. The number of rotatable bonds is 6. The van der Waals surface area contributed by atoms with Crippen LogP contribution >= 0.6 is 27.3 Å². The lowest BCUT2D eigenvalue weighted by Crippen LogP contribution is -2.17. The molecule has 0 bridgehead atoms. The summed E-state index contributed by atoms with van der Waals surface area (Å²) in [5, 5.41) is 2.21. The highest BCUT2D eigenvalue weighted by Gasteiger charge is 2.09. The van der Waals surface area contributed by atoms with Gasteiger partial charge < -0.3 is 9.13 Å². The Morgan fingerprint density at radius 3 is 2.66 bits per heavy atom. The first-order valence-corrected chi connectivity index (χ1v) is 11.3. The Balaban J connectivity index is 1.73. The molecular weight excluding hydrogens is 444 g/mol. The minimum absolute atomic E-state index is 0.900. The summed E-state index contributed by atoms with van der Waals surface area (Å²) in [6.07, 6.45) is 6.72. The third-order valence-corrected chi connectivity index (χ3v) is 6.27. The third-order valence-electron chi connectivity index (χ3n) is 4.88. The van der Waals surface area contributed by atoms with Crippen molar-refractivity contribution in [3.63, 3.8) is 0 Å². The monoisotopic (exact) mass is 466 g/mol. The summed E-state index contributed by atoms with van der Waals surface area (Å²) in [6.45, 7) is 6.06. The number of benzene rings is 2. The number of nitrogens with zero attached hydrogens (tertiary/aromatic N) is 4. The molecule has 0 aliphatic heterocycles. The van der Waals surface area contributed by atoms with E-state index in [2.05, 4.69) is 91.7 Å². The second kappa shape index (κ2) is 8.93. The molecule has 4 rings (SSSR count). The van der Waals surface area contributed by atoms with Crippen molar-refractivity contribution in [1.82, 2.24) is 14.1 Å². The summed E-state index contributed by atoms with van der Waals surface area (Å²) in [6, 6.07) is 14.9. The van der Waals surface area contributed by atoms with E-state index in [0.717, 1.165) is 34.5 Å². The van der Waals surface area contributed by atoms with E-state index in [1.807, 2.05) is 18.7 Å². The van der Waals surface area contributed by atoms with Crippen molar-refractivity contribution >= 4 is 33.0 Å². The SMILES string of the molecule is Cc1ccc(C)c(N=c2scc(-c3ccc(Br)cc3)n2CCCn2ccnc2)c1. The predicted molar refractivity (Wildman–Crippen MR) is 123 cm³/mol. The molecule has 2 aromatic carbocycles. The van der Waals surface area contributed by atoms with Crippen molar-refractivity contribution in [3.8, 4) is 11.3 Å². The Bertz CT molecular complexity index is 1150. The van der Waals surface area contributed by atoms with Crippen LogP contribution in [0.5, 0.6) is 0 Å². The Morgan fingerprint density at radius 1 is 1.07 bits per heavy atom. The van der Waals surface area contributed by atoms with Crippen LogP contribution in [0.15, 0.2) is 76.0 Å². The number of hydrogen-bond donors (Lipinski definition) is 0. The normalized spacial score (nSPS) is 11.9. The number of aryl methyl sites for hydroxylation is 3. The second-order valence-corrected chi connectivity index (χ2v) is 8.87. The quantitative estimate of drug-likeness (QED) is 0.337. The Kier molecular flexibility index (Phi) is 6.11. The van der Waals surface area contributed by atoms with Gasteiger partial charge in [-0.15, -0.1) is 11.3 Å². The van der Waals surface area contributed by atoms with Gasteiger partial charge in [0.05, 0.1) is 17.7 Å². The molecule has 29 heavy (non-hydrogen) atoms. The number of aromatic nitrogens is 3. The van der Waals surface area contributed by atoms with Gasteiger partial charge in [0.2, 0.25) is 0 Å². The van der Waals surface area contributed by atoms with Crippen LogP contribution in [-0.2, 0) is 13.1 Å². The third kappa shape index (κ3) is 4.77. The largest absolute Gasteiger partial charge is 0.337 e. The predicted octanol–water partition coefficient (Wildman–Crippen LogP) is 6.12. The summed E-state index contributed by atoms with van der Waals surface area (Å²) in [5.74, 6) is 0. The van der Waals surface area contributed by atoms with Crippen molar-refractivity contribution < 1.29 is 0 Å². The smallest absolute Gasteiger partial charge is 0.190 e. The van der Waals surface area contributed by atoms with E-state index in [0.29, 0.717) is 0 Å². The van der Waals surface area contributed by atoms with Gasteiger partial charge in [0.15, 0.2) is 4.80 Å². The standard InChI is InChI=1S/C23H23BrN4S/c1-17-4-5-18(2)21(14-17)26-23-28(12-3-11-27-13-10-25-16-27)22(15-29-23)19-6-8-20(24)9-7-19/h4-10,13-16H,3,11-12H2,1-2H3. The maximum absolute atomic E-state index is 5.03. The number of hydrogen-bond acceptors (Lipinski definition) is 3. The molecule has 0 amide bonds. The van der Waals surface area contributed by atoms with E-state index in [1.165, 1.54) is 22.4 Å². The van der Waals surface area contributed by atoms with Gasteiger partial charge in [0.1, 0.15) is 0 Å². The number of thiazole rings is 1. The van der Waals surface area contributed by atoms with E-state index in [-0.39, 0.29) is 0 Å². The summed E-state index contributed by atoms with van der Waals surface area (Å²) in [5.41, 5.74) is 5.87. The van der Waals surface area contributed by atoms with Crippen LogP contribution in [0, 0.1) is 13.8 Å². The molecule has 2 aromatic heterocycles. The van der Waals surface area contributed by atoms with Gasteiger partial charge in [-0.1, -0.05) is 40.2 Å². The van der Waals surface area contributed by atoms with Gasteiger partial charge in [-0.3, -0.25) is 0 Å². The minimum Gasteiger partial charge on any atom is -0.337 e. The second-order valence-electron chi connectivity index (χ2n) is 7.12. The maximum atomic E-state index is 5.03. The van der Waals surface area contributed by atoms with Gasteiger partial charge >= 0.3 is 0 Å². The number of halogens is 1. The van der Waals surface area contributed by atoms with Crippen LogP contribution in [0.2, 0.25) is 0 Å². The molecule has 2 heterocycles. The molecule has 4 nitrogen and oxygen atoms in total. The molecule has 4 aromatic rings. The lowest BCUT2D eigenvalue weighted by molar-refractivity contribution is 0.559. The molecule has 0 aliphatic carbocycles. The zero-order valence-corrected chi connectivity index (χ0v) is 18.9. The molecular formula is C23H23BrN4S. The summed E-state index contributed by atoms with van der Waals surface area (Å²) in [4.78, 5) is 10.2. The van der Waals surface area contributed by atoms with Crippen LogP contribution in [0.1, 0.15) is 17.5 Å². The number of imidazole rings is 1. The first-order valence-electron chi connectivity index (χ1n) is 9.62. The summed E-state index contributed by atoms with van der Waals surface area (Å²) in [7, 11) is 0. The fourth-order valence-corrected chi connectivity index (χ4v) is 4.47. The maximum Gasteiger partial charge on any atom is 0.190 e. The Morgan fingerprint density at radius 2 is 1.90 bits per heavy atom. The Hall–Kier alpha value is -2.44. The molecule has 0 N–H and O–H groups in total. The fraction of sp³-hybridized carbons (Fsp3) is 0.217. The van der Waals surface area contributed by atoms with E-state index in [1.54, 1.807) is 11.3 Å². The summed E-state index contributed by atoms with van der Waals surface area (Å²) >= 11 is 5.23. The topological polar surface area (TPSA) is 35.1 Å². The average Bonchev–Trinajstić information content (AvgIpc) is 3.36. The van der Waals surface area contributed by atoms with E-state index < -0.39 is 0 Å².